The van der Waals surface area contributed by atoms with Gasteiger partial charge in [-0.05, 0) is 74.2 Å². The van der Waals surface area contributed by atoms with Crippen molar-refractivity contribution in [3.63, 3.8) is 0 Å². The van der Waals surface area contributed by atoms with Crippen LogP contribution < -0.4 is 50.6 Å². The van der Waals surface area contributed by atoms with Gasteiger partial charge in [-0.25, -0.2) is 0 Å². The molecule has 3 saturated heterocycles. The van der Waals surface area contributed by atoms with Crippen LogP contribution in [0, 0.1) is 5.92 Å². The molecule has 4 aliphatic rings. The van der Waals surface area contributed by atoms with Gasteiger partial charge < -0.3 is 25.4 Å². The first-order valence-electron chi connectivity index (χ1n) is 19.8. The van der Waals surface area contributed by atoms with E-state index in [1.165, 1.54) is 10.8 Å². The van der Waals surface area contributed by atoms with Crippen molar-refractivity contribution >= 4 is 52.3 Å². The molecule has 4 fully saturated rings. The minimum absolute atomic E-state index is 0. The van der Waals surface area contributed by atoms with Gasteiger partial charge in [0.15, 0.2) is 0 Å². The van der Waals surface area contributed by atoms with Crippen molar-refractivity contribution in [1.82, 2.24) is 30.3 Å². The zero-order valence-corrected chi connectivity index (χ0v) is 35.3. The molecular formula is C44H47N6NaO8. The summed E-state index contributed by atoms with van der Waals surface area (Å²) in [5.74, 6) is -4.49. The first-order chi connectivity index (χ1) is 28.0. The zero-order valence-electron chi connectivity index (χ0n) is 33.3. The molecule has 4 heterocycles. The predicted octanol–water partition coefficient (Wildman–Crippen LogP) is -1.11. The van der Waals surface area contributed by atoms with Gasteiger partial charge in [-0.3, -0.25) is 43.6 Å². The van der Waals surface area contributed by atoms with Gasteiger partial charge in [-0.1, -0.05) is 78.9 Å². The van der Waals surface area contributed by atoms with Gasteiger partial charge in [-0.15, -0.1) is 0 Å². The maximum absolute atomic E-state index is 14.3. The van der Waals surface area contributed by atoms with Crippen molar-refractivity contribution in [3.8, 4) is 0 Å². The first kappa shape index (κ1) is 43.4. The number of aliphatic carboxylic acids is 1. The summed E-state index contributed by atoms with van der Waals surface area (Å²) >= 11 is 0. The molecule has 3 aromatic carbocycles. The largest absolute Gasteiger partial charge is 1.00 e. The van der Waals surface area contributed by atoms with Crippen LogP contribution in [0.5, 0.6) is 0 Å². The number of carboxylic acids is 1. The number of benzene rings is 3. The van der Waals surface area contributed by atoms with Gasteiger partial charge in [0.2, 0.25) is 35.4 Å². The average Bonchev–Trinajstić information content (AvgIpc) is 3.59. The molecule has 2 bridgehead atoms. The van der Waals surface area contributed by atoms with Crippen LogP contribution in [-0.4, -0.2) is 93.0 Å². The number of carboxylic acid groups (broad SMARTS) is 1. The third kappa shape index (κ3) is 10.0. The number of piperazine rings is 1. The summed E-state index contributed by atoms with van der Waals surface area (Å²) in [6, 6.07) is 22.0. The Morgan fingerprint density at radius 1 is 0.831 bits per heavy atom. The molecule has 3 aliphatic heterocycles. The zero-order chi connectivity index (χ0) is 40.9. The fraction of sp³-hybridized carbons (Fsp3) is 0.386. The fourth-order valence-electron chi connectivity index (χ4n) is 8.82. The van der Waals surface area contributed by atoms with Gasteiger partial charge in [0, 0.05) is 43.0 Å². The molecule has 59 heavy (non-hydrogen) atoms. The number of hydrogen-bond acceptors (Lipinski definition) is 9. The van der Waals surface area contributed by atoms with Gasteiger partial charge >= 0.3 is 29.6 Å². The molecule has 4 aromatic rings. The number of carbonyl (C=O) groups excluding carboxylic acids is 7. The Hall–Kier alpha value is -5.15. The summed E-state index contributed by atoms with van der Waals surface area (Å²) in [5.41, 5.74) is 2.78. The van der Waals surface area contributed by atoms with E-state index in [0.717, 1.165) is 36.8 Å². The van der Waals surface area contributed by atoms with Gasteiger partial charge in [0.1, 0.15) is 18.1 Å². The molecule has 4 atom stereocenters. The van der Waals surface area contributed by atoms with E-state index in [9.17, 15) is 38.7 Å². The molecule has 0 unspecified atom stereocenters. The number of amides is 5. The molecule has 3 N–H and O–H groups in total. The number of nitrogens with one attached hydrogen (secondary N) is 3. The van der Waals surface area contributed by atoms with E-state index >= 15 is 0 Å². The number of likely N-dealkylation sites (N-methyl/N-ethyl adjacent to an activating group) is 1. The predicted molar refractivity (Wildman–Crippen MR) is 210 cm³/mol. The molecule has 1 aromatic heterocycles. The SMILES string of the molecule is CN(Cc1ccccc1)[C@@H](Cc1ccccc1)C(=O)NC(=O)[C@@H](Cc1cn(C(=O)CCC(=O)[O-])c2ccccc12)NC(=O)C[C@@H]1NC(=O)[C@@H]2C3CCC(CC3)N2C1=O.[Na+]. The van der Waals surface area contributed by atoms with E-state index in [1.54, 1.807) is 36.2 Å². The molecule has 0 spiro atoms. The number of hydrogen-bond donors (Lipinski definition) is 3. The Bertz CT molecular complexity index is 2210. The summed E-state index contributed by atoms with van der Waals surface area (Å²) in [7, 11) is 1.80. The summed E-state index contributed by atoms with van der Waals surface area (Å²) < 4.78 is 1.31. The van der Waals surface area contributed by atoms with Crippen molar-refractivity contribution in [2.45, 2.75) is 94.5 Å². The topological polar surface area (TPSA) is 190 Å². The quantitative estimate of drug-likeness (QED) is 0.125. The molecule has 15 heteroatoms. The second-order valence-corrected chi connectivity index (χ2v) is 15.6. The van der Waals surface area contributed by atoms with Crippen LogP contribution in [-0.2, 0) is 48.2 Å². The third-order valence-corrected chi connectivity index (χ3v) is 11.7. The van der Waals surface area contributed by atoms with E-state index in [0.29, 0.717) is 23.0 Å². The van der Waals surface area contributed by atoms with Crippen molar-refractivity contribution in [2.24, 2.45) is 5.92 Å². The first-order valence-corrected chi connectivity index (χ1v) is 19.8. The van der Waals surface area contributed by atoms with Crippen molar-refractivity contribution in [2.75, 3.05) is 7.05 Å². The van der Waals surface area contributed by atoms with Crippen molar-refractivity contribution in [1.29, 1.82) is 0 Å². The Morgan fingerprint density at radius 2 is 1.47 bits per heavy atom. The second kappa shape index (κ2) is 19.3. The maximum Gasteiger partial charge on any atom is 1.00 e. The van der Waals surface area contributed by atoms with E-state index in [2.05, 4.69) is 16.0 Å². The molecule has 8 rings (SSSR count). The van der Waals surface area contributed by atoms with Crippen LogP contribution in [0.25, 0.3) is 10.9 Å². The van der Waals surface area contributed by atoms with Crippen LogP contribution >= 0.6 is 0 Å². The Labute approximate surface area is 364 Å². The molecular weight excluding hydrogens is 764 g/mol. The van der Waals surface area contributed by atoms with Crippen molar-refractivity contribution in [3.05, 3.63) is 108 Å². The normalized spacial score (nSPS) is 20.5. The monoisotopic (exact) mass is 810 g/mol. The number of piperidine rings is 2. The number of para-hydroxylation sites is 1. The summed E-state index contributed by atoms with van der Waals surface area (Å²) in [6.45, 7) is 0.409. The minimum Gasteiger partial charge on any atom is -0.550 e. The molecule has 1 aliphatic carbocycles. The van der Waals surface area contributed by atoms with Crippen LogP contribution in [0.15, 0.2) is 91.1 Å². The van der Waals surface area contributed by atoms with Gasteiger partial charge in [-0.2, -0.15) is 0 Å². The van der Waals surface area contributed by atoms with E-state index in [-0.39, 0.29) is 72.6 Å². The molecule has 0 radical (unpaired) electrons. The number of imide groups is 1. The number of aromatic nitrogens is 1. The smallest absolute Gasteiger partial charge is 0.550 e. The molecule has 14 nitrogen and oxygen atoms in total. The summed E-state index contributed by atoms with van der Waals surface area (Å²) in [4.78, 5) is 97.2. The minimum atomic E-state index is -1.37. The van der Waals surface area contributed by atoms with Crippen LogP contribution in [0.1, 0.15) is 66.4 Å². The standard InChI is InChI=1S/C44H48N6O8.Na/c1-48(25-28-12-6-3-7-13-28)36(22-27-10-4-2-5-11-27)42(56)47-41(55)33(23-30-26-49(38(52)20-21-39(53)54)35-15-9-8-14-32(30)35)45-37(51)24-34-44(58)50-31-18-16-29(17-19-31)40(50)43(57)46-34;/h2-15,26,29,31,33-34,36,40H,16-25H2,1H3,(H,45,51)(H,46,57)(H,53,54)(H,47,55,56);/q;+1/p-1/t29?,31?,33-,34+,36+,40+;/m1./s1. The fourth-order valence-corrected chi connectivity index (χ4v) is 8.82. The van der Waals surface area contributed by atoms with Crippen LogP contribution in [0.3, 0.4) is 0 Å². The van der Waals surface area contributed by atoms with Gasteiger partial charge in [0.05, 0.1) is 18.0 Å². The number of rotatable bonds is 15. The van der Waals surface area contributed by atoms with Crippen LogP contribution in [0.2, 0.25) is 0 Å². The number of carbonyl (C=O) groups is 7. The Morgan fingerprint density at radius 3 is 2.15 bits per heavy atom. The molecule has 1 saturated carbocycles. The Kier molecular flexibility index (Phi) is 14.2. The van der Waals surface area contributed by atoms with E-state index < -0.39 is 66.6 Å². The molecule has 5 amide bonds. The Balaban J connectivity index is 0.00000585. The third-order valence-electron chi connectivity index (χ3n) is 11.7. The maximum atomic E-state index is 14.3. The summed E-state index contributed by atoms with van der Waals surface area (Å²) in [5, 5.41) is 19.8. The van der Waals surface area contributed by atoms with Crippen LogP contribution in [0.4, 0.5) is 0 Å². The molecule has 302 valence electrons. The van der Waals surface area contributed by atoms with E-state index in [4.69, 9.17) is 0 Å². The van der Waals surface area contributed by atoms with Gasteiger partial charge in [0.25, 0.3) is 0 Å². The van der Waals surface area contributed by atoms with E-state index in [1.807, 2.05) is 65.6 Å². The summed E-state index contributed by atoms with van der Waals surface area (Å²) in [6.07, 6.45) is 3.75. The second-order valence-electron chi connectivity index (χ2n) is 15.6. The number of fused-ring (bicyclic) bond motifs is 3. The van der Waals surface area contributed by atoms with Crippen molar-refractivity contribution < 1.29 is 68.2 Å². The average molecular weight is 811 g/mol. The number of nitrogens with zero attached hydrogens (tertiary/aromatic N) is 3.